The Morgan fingerprint density at radius 1 is 1.29 bits per heavy atom. The van der Waals surface area contributed by atoms with Crippen molar-refractivity contribution in [2.75, 3.05) is 0 Å². The summed E-state index contributed by atoms with van der Waals surface area (Å²) in [5.74, 6) is -0.0162. The highest BCUT2D eigenvalue weighted by molar-refractivity contribution is 5.99. The summed E-state index contributed by atoms with van der Waals surface area (Å²) >= 11 is 0. The van der Waals surface area contributed by atoms with Crippen molar-refractivity contribution in [2.45, 2.75) is 51.6 Å². The van der Waals surface area contributed by atoms with Crippen LogP contribution in [0.5, 0.6) is 0 Å². The molecule has 0 radical (unpaired) electrons. The average Bonchev–Trinajstić information content (AvgIpc) is 2.76. The van der Waals surface area contributed by atoms with Gasteiger partial charge in [-0.05, 0) is 50.5 Å². The lowest BCUT2D eigenvalue weighted by Gasteiger charge is -2.29. The largest absolute Gasteiger partial charge is 0.358 e. The normalized spacial score (nSPS) is 22.4. The van der Waals surface area contributed by atoms with Crippen molar-refractivity contribution in [1.82, 2.24) is 10.3 Å². The molecule has 1 aliphatic rings. The molecule has 0 spiro atoms. The van der Waals surface area contributed by atoms with Crippen LogP contribution in [0, 0.1) is 13.8 Å². The first kappa shape index (κ1) is 14.1. The number of fused-ring (bicyclic) bond motifs is 1. The molecule has 0 saturated heterocycles. The second-order valence-corrected chi connectivity index (χ2v) is 6.16. The molecule has 1 amide bonds. The van der Waals surface area contributed by atoms with Crippen LogP contribution in [0.1, 0.15) is 47.3 Å². The van der Waals surface area contributed by atoms with Gasteiger partial charge in [0.1, 0.15) is 0 Å². The van der Waals surface area contributed by atoms with Gasteiger partial charge in [0, 0.05) is 34.2 Å². The quantitative estimate of drug-likeness (QED) is 0.794. The molecule has 4 nitrogen and oxygen atoms in total. The summed E-state index contributed by atoms with van der Waals surface area (Å²) in [5.41, 5.74) is 10.2. The maximum absolute atomic E-state index is 12.4. The smallest absolute Gasteiger partial charge is 0.251 e. The van der Waals surface area contributed by atoms with Crippen LogP contribution in [-0.4, -0.2) is 23.0 Å². The first-order valence-corrected chi connectivity index (χ1v) is 7.71. The van der Waals surface area contributed by atoms with Gasteiger partial charge in [0.25, 0.3) is 5.91 Å². The van der Waals surface area contributed by atoms with E-state index in [1.54, 1.807) is 0 Å². The molecule has 2 aromatic rings. The number of hydrogen-bond acceptors (Lipinski definition) is 2. The zero-order valence-electron chi connectivity index (χ0n) is 12.7. The van der Waals surface area contributed by atoms with Crippen molar-refractivity contribution in [3.63, 3.8) is 0 Å². The summed E-state index contributed by atoms with van der Waals surface area (Å²) in [6, 6.07) is 6.02. The third-order valence-corrected chi connectivity index (χ3v) is 4.71. The number of benzene rings is 1. The number of carbonyl (C=O) groups is 1. The van der Waals surface area contributed by atoms with Crippen molar-refractivity contribution in [3.8, 4) is 0 Å². The molecule has 2 unspecified atom stereocenters. The lowest BCUT2D eigenvalue weighted by Crippen LogP contribution is -2.49. The monoisotopic (exact) mass is 285 g/mol. The summed E-state index contributed by atoms with van der Waals surface area (Å²) < 4.78 is 0. The first-order chi connectivity index (χ1) is 10.1. The third-order valence-electron chi connectivity index (χ3n) is 4.71. The zero-order valence-corrected chi connectivity index (χ0v) is 12.7. The number of aryl methyl sites for hydroxylation is 2. The van der Waals surface area contributed by atoms with E-state index in [0.29, 0.717) is 5.56 Å². The summed E-state index contributed by atoms with van der Waals surface area (Å²) in [5, 5.41) is 4.22. The van der Waals surface area contributed by atoms with E-state index >= 15 is 0 Å². The van der Waals surface area contributed by atoms with Gasteiger partial charge in [-0.25, -0.2) is 0 Å². The highest BCUT2D eigenvalue weighted by Gasteiger charge is 2.23. The van der Waals surface area contributed by atoms with Crippen LogP contribution < -0.4 is 11.1 Å². The summed E-state index contributed by atoms with van der Waals surface area (Å²) in [7, 11) is 0. The molecule has 4 N–H and O–H groups in total. The second-order valence-electron chi connectivity index (χ2n) is 6.16. The Morgan fingerprint density at radius 3 is 2.81 bits per heavy atom. The maximum atomic E-state index is 12.4. The van der Waals surface area contributed by atoms with Crippen molar-refractivity contribution < 1.29 is 4.79 Å². The molecule has 4 heteroatoms. The molecule has 21 heavy (non-hydrogen) atoms. The van der Waals surface area contributed by atoms with Gasteiger partial charge in [-0.3, -0.25) is 4.79 Å². The van der Waals surface area contributed by atoms with Crippen molar-refractivity contribution in [2.24, 2.45) is 5.73 Å². The van der Waals surface area contributed by atoms with E-state index in [9.17, 15) is 4.79 Å². The van der Waals surface area contributed by atoms with Crippen molar-refractivity contribution in [1.29, 1.82) is 0 Å². The molecule has 1 heterocycles. The topological polar surface area (TPSA) is 70.9 Å². The minimum atomic E-state index is -0.0162. The number of nitrogens with one attached hydrogen (secondary N) is 2. The molecule has 0 aliphatic heterocycles. The molecule has 1 aromatic heterocycles. The Bertz CT molecular complexity index is 674. The van der Waals surface area contributed by atoms with Crippen molar-refractivity contribution >= 4 is 16.8 Å². The number of nitrogens with two attached hydrogens (primary N) is 1. The first-order valence-electron chi connectivity index (χ1n) is 7.71. The Hall–Kier alpha value is -1.81. The van der Waals surface area contributed by atoms with E-state index in [-0.39, 0.29) is 18.0 Å². The van der Waals surface area contributed by atoms with Gasteiger partial charge < -0.3 is 16.0 Å². The van der Waals surface area contributed by atoms with E-state index in [0.717, 1.165) is 35.9 Å². The van der Waals surface area contributed by atoms with Crippen LogP contribution in [0.2, 0.25) is 0 Å². The van der Waals surface area contributed by atoms with Gasteiger partial charge >= 0.3 is 0 Å². The number of aromatic nitrogens is 1. The minimum Gasteiger partial charge on any atom is -0.358 e. The average molecular weight is 285 g/mol. The van der Waals surface area contributed by atoms with Crippen molar-refractivity contribution in [3.05, 3.63) is 35.0 Å². The Kier molecular flexibility index (Phi) is 3.72. The number of H-pyrrole nitrogens is 1. The van der Waals surface area contributed by atoms with Crippen LogP contribution in [0.25, 0.3) is 10.9 Å². The van der Waals surface area contributed by atoms with Crippen LogP contribution >= 0.6 is 0 Å². The minimum absolute atomic E-state index is 0.0162. The molecular formula is C17H23N3O. The molecule has 3 rings (SSSR count). The number of carbonyl (C=O) groups excluding carboxylic acids is 1. The Balaban J connectivity index is 1.82. The number of amides is 1. The number of hydrogen-bond donors (Lipinski definition) is 3. The summed E-state index contributed by atoms with van der Waals surface area (Å²) in [4.78, 5) is 15.8. The molecule has 1 aliphatic carbocycles. The third kappa shape index (κ3) is 2.68. The molecule has 1 fully saturated rings. The van der Waals surface area contributed by atoms with E-state index in [1.165, 1.54) is 12.0 Å². The fourth-order valence-corrected chi connectivity index (χ4v) is 3.19. The van der Waals surface area contributed by atoms with Gasteiger partial charge in [0.2, 0.25) is 0 Å². The number of aromatic amines is 1. The molecule has 1 aromatic carbocycles. The van der Waals surface area contributed by atoms with E-state index in [2.05, 4.69) is 24.1 Å². The second kappa shape index (κ2) is 5.53. The van der Waals surface area contributed by atoms with Gasteiger partial charge in [-0.1, -0.05) is 12.8 Å². The van der Waals surface area contributed by atoms with Crippen LogP contribution in [0.4, 0.5) is 0 Å². The zero-order chi connectivity index (χ0) is 15.0. The Labute approximate surface area is 125 Å². The molecular weight excluding hydrogens is 262 g/mol. The van der Waals surface area contributed by atoms with Gasteiger partial charge in [0.05, 0.1) is 0 Å². The van der Waals surface area contributed by atoms with E-state index < -0.39 is 0 Å². The lowest BCUT2D eigenvalue weighted by atomic mass is 9.91. The van der Waals surface area contributed by atoms with Crippen LogP contribution in [0.3, 0.4) is 0 Å². The Morgan fingerprint density at radius 2 is 2.05 bits per heavy atom. The predicted octanol–water partition coefficient (Wildman–Crippen LogP) is 2.78. The van der Waals surface area contributed by atoms with Gasteiger partial charge in [0.15, 0.2) is 0 Å². The summed E-state index contributed by atoms with van der Waals surface area (Å²) in [6.45, 7) is 4.13. The van der Waals surface area contributed by atoms with E-state index in [4.69, 9.17) is 5.73 Å². The molecule has 0 bridgehead atoms. The molecule has 2 atom stereocenters. The van der Waals surface area contributed by atoms with E-state index in [1.807, 2.05) is 18.2 Å². The van der Waals surface area contributed by atoms with Gasteiger partial charge in [-0.15, -0.1) is 0 Å². The lowest BCUT2D eigenvalue weighted by molar-refractivity contribution is 0.0921. The van der Waals surface area contributed by atoms with Crippen LogP contribution in [0.15, 0.2) is 18.2 Å². The number of rotatable bonds is 2. The highest BCUT2D eigenvalue weighted by atomic mass is 16.1. The fourth-order valence-electron chi connectivity index (χ4n) is 3.19. The highest BCUT2D eigenvalue weighted by Crippen LogP contribution is 2.23. The maximum Gasteiger partial charge on any atom is 0.251 e. The summed E-state index contributed by atoms with van der Waals surface area (Å²) in [6.07, 6.45) is 4.30. The molecule has 112 valence electrons. The SMILES string of the molecule is Cc1[nH]c2ccc(C(=O)NC3CCCCC3N)cc2c1C. The molecule has 1 saturated carbocycles. The fraction of sp³-hybridized carbons (Fsp3) is 0.471. The van der Waals surface area contributed by atoms with Crippen LogP contribution in [-0.2, 0) is 0 Å². The predicted molar refractivity (Wildman–Crippen MR) is 85.5 cm³/mol. The van der Waals surface area contributed by atoms with Gasteiger partial charge in [-0.2, -0.15) is 0 Å². The standard InChI is InChI=1S/C17H23N3O/c1-10-11(2)19-15-8-7-12(9-13(10)15)17(21)20-16-6-4-3-5-14(16)18/h7-9,14,16,19H,3-6,18H2,1-2H3,(H,20,21).